The van der Waals surface area contributed by atoms with Gasteiger partial charge in [0.1, 0.15) is 5.84 Å². The Bertz CT molecular complexity index is 652. The van der Waals surface area contributed by atoms with Gasteiger partial charge in [-0.05, 0) is 24.3 Å². The van der Waals surface area contributed by atoms with Gasteiger partial charge in [-0.1, -0.05) is 12.6 Å². The molecule has 1 saturated heterocycles. The molecule has 122 valence electrons. The average molecular weight is 314 g/mol. The predicted octanol–water partition coefficient (Wildman–Crippen LogP) is 0.952. The first-order chi connectivity index (χ1) is 11.1. The Morgan fingerprint density at radius 3 is 2.87 bits per heavy atom. The fourth-order valence-corrected chi connectivity index (χ4v) is 2.32. The number of nitrogens with zero attached hydrogens (tertiary/aromatic N) is 3. The van der Waals surface area contributed by atoms with Crippen LogP contribution in [0.25, 0.3) is 0 Å². The molecule has 2 rings (SSSR count). The molecule has 7 heteroatoms. The number of benzene rings is 1. The highest BCUT2D eigenvalue weighted by molar-refractivity contribution is 6.06. The first-order valence-corrected chi connectivity index (χ1v) is 7.36. The fourth-order valence-electron chi connectivity index (χ4n) is 2.32. The third-order valence-electron chi connectivity index (χ3n) is 3.46. The second kappa shape index (κ2) is 7.55. The monoisotopic (exact) mass is 314 g/mol. The first kappa shape index (κ1) is 16.7. The van der Waals surface area contributed by atoms with Crippen LogP contribution in [0, 0.1) is 0 Å². The van der Waals surface area contributed by atoms with E-state index in [4.69, 9.17) is 5.73 Å². The maximum atomic E-state index is 12.0. The third-order valence-corrected chi connectivity index (χ3v) is 3.46. The van der Waals surface area contributed by atoms with Crippen molar-refractivity contribution in [1.82, 2.24) is 5.32 Å². The van der Waals surface area contributed by atoms with E-state index in [2.05, 4.69) is 27.2 Å². The van der Waals surface area contributed by atoms with Crippen LogP contribution in [0.3, 0.4) is 0 Å². The number of nitrogens with two attached hydrogens (primary N) is 1. The number of amides is 1. The molecule has 1 aliphatic heterocycles. The van der Waals surface area contributed by atoms with E-state index in [1.807, 2.05) is 24.3 Å². The third kappa shape index (κ3) is 4.17. The highest BCUT2D eigenvalue weighted by Gasteiger charge is 2.28. The molecule has 1 aromatic rings. The topological polar surface area (TPSA) is 95.1 Å². The lowest BCUT2D eigenvalue weighted by atomic mass is 10.2. The molecule has 0 aliphatic carbocycles. The number of rotatable bonds is 3. The van der Waals surface area contributed by atoms with Crippen LogP contribution in [0.1, 0.15) is 6.42 Å². The molecule has 0 saturated carbocycles. The number of likely N-dealkylation sites (N-methyl/N-ethyl adjacent to an activating group) is 1. The second-order valence-corrected chi connectivity index (χ2v) is 5.14. The zero-order valence-corrected chi connectivity index (χ0v) is 13.4. The van der Waals surface area contributed by atoms with Crippen LogP contribution in [0.5, 0.6) is 0 Å². The van der Waals surface area contributed by atoms with Crippen LogP contribution in [0.4, 0.5) is 11.4 Å². The maximum Gasteiger partial charge on any atom is 0.228 e. The molecule has 1 amide bonds. The first-order valence-electron chi connectivity index (χ1n) is 7.36. The number of guanidine groups is 1. The van der Waals surface area contributed by atoms with E-state index in [0.717, 1.165) is 11.4 Å². The van der Waals surface area contributed by atoms with Gasteiger partial charge in [-0.25, -0.2) is 0 Å². The fraction of sp³-hybridized carbons (Fsp3) is 0.312. The van der Waals surface area contributed by atoms with E-state index >= 15 is 0 Å². The van der Waals surface area contributed by atoms with Gasteiger partial charge < -0.3 is 21.3 Å². The maximum absolute atomic E-state index is 12.0. The van der Waals surface area contributed by atoms with Crippen LogP contribution in [-0.4, -0.2) is 44.4 Å². The molecule has 1 heterocycles. The van der Waals surface area contributed by atoms with Gasteiger partial charge in [-0.3, -0.25) is 9.79 Å². The van der Waals surface area contributed by atoms with Crippen molar-refractivity contribution < 1.29 is 4.79 Å². The molecule has 1 aliphatic rings. The summed E-state index contributed by atoms with van der Waals surface area (Å²) < 4.78 is 0. The summed E-state index contributed by atoms with van der Waals surface area (Å²) in [5.41, 5.74) is 7.45. The Kier molecular flexibility index (Phi) is 5.48. The summed E-state index contributed by atoms with van der Waals surface area (Å²) in [6, 6.07) is 7.41. The predicted molar refractivity (Wildman–Crippen MR) is 95.1 cm³/mol. The summed E-state index contributed by atoms with van der Waals surface area (Å²) >= 11 is 0. The lowest BCUT2D eigenvalue weighted by Crippen LogP contribution is -2.28. The van der Waals surface area contributed by atoms with Crippen molar-refractivity contribution in [2.75, 3.05) is 30.9 Å². The number of carbonyl (C=O) groups excluding carboxylic acids is 1. The summed E-state index contributed by atoms with van der Waals surface area (Å²) in [5, 5.41) is 6.04. The smallest absolute Gasteiger partial charge is 0.228 e. The Morgan fingerprint density at radius 2 is 2.30 bits per heavy atom. The number of aliphatic imine (C=N–C) groups is 2. The molecule has 7 nitrogen and oxygen atoms in total. The van der Waals surface area contributed by atoms with Crippen LogP contribution in [0.2, 0.25) is 0 Å². The van der Waals surface area contributed by atoms with Gasteiger partial charge >= 0.3 is 0 Å². The van der Waals surface area contributed by atoms with Crippen molar-refractivity contribution in [2.45, 2.75) is 12.5 Å². The Balaban J connectivity index is 2.18. The van der Waals surface area contributed by atoms with Crippen LogP contribution in [-0.2, 0) is 4.79 Å². The summed E-state index contributed by atoms with van der Waals surface area (Å²) in [6.07, 6.45) is 1.99. The number of hydrogen-bond donors (Lipinski definition) is 3. The molecule has 1 aromatic carbocycles. The van der Waals surface area contributed by atoms with Gasteiger partial charge in [0.25, 0.3) is 0 Å². The normalized spacial score (nSPS) is 19.0. The van der Waals surface area contributed by atoms with E-state index in [0.29, 0.717) is 24.8 Å². The molecule has 0 aromatic heterocycles. The SMILES string of the molecule is C=C/C(=N\C(=N/C)Nc1cccc(N2CC(N)CC2=O)c1)NC. The molecular formula is C16H22N6O. The Morgan fingerprint density at radius 1 is 1.52 bits per heavy atom. The van der Waals surface area contributed by atoms with E-state index in [1.165, 1.54) is 0 Å². The molecule has 1 unspecified atom stereocenters. The average Bonchev–Trinajstić information content (AvgIpc) is 2.90. The molecule has 1 atom stereocenters. The van der Waals surface area contributed by atoms with Gasteiger partial charge in [0.2, 0.25) is 11.9 Å². The summed E-state index contributed by atoms with van der Waals surface area (Å²) in [5.74, 6) is 1.09. The molecule has 23 heavy (non-hydrogen) atoms. The van der Waals surface area contributed by atoms with Gasteiger partial charge in [0.05, 0.1) is 0 Å². The molecule has 4 N–H and O–H groups in total. The van der Waals surface area contributed by atoms with Crippen molar-refractivity contribution in [3.05, 3.63) is 36.9 Å². The summed E-state index contributed by atoms with van der Waals surface area (Å²) in [6.45, 7) is 4.21. The zero-order valence-electron chi connectivity index (χ0n) is 13.4. The van der Waals surface area contributed by atoms with Crippen LogP contribution < -0.4 is 21.3 Å². The van der Waals surface area contributed by atoms with Gasteiger partial charge in [-0.15, -0.1) is 0 Å². The highest BCUT2D eigenvalue weighted by atomic mass is 16.2. The quantitative estimate of drug-likeness (QED) is 0.572. The summed E-state index contributed by atoms with van der Waals surface area (Å²) in [4.78, 5) is 22.1. The van der Waals surface area contributed by atoms with E-state index < -0.39 is 0 Å². The minimum Gasteiger partial charge on any atom is -0.373 e. The lowest BCUT2D eigenvalue weighted by molar-refractivity contribution is -0.117. The van der Waals surface area contributed by atoms with Crippen molar-refractivity contribution in [3.63, 3.8) is 0 Å². The Labute approximate surface area is 136 Å². The van der Waals surface area contributed by atoms with Gasteiger partial charge in [-0.2, -0.15) is 4.99 Å². The largest absolute Gasteiger partial charge is 0.373 e. The van der Waals surface area contributed by atoms with Crippen molar-refractivity contribution in [3.8, 4) is 0 Å². The number of amidine groups is 1. The molecule has 0 bridgehead atoms. The lowest BCUT2D eigenvalue weighted by Gasteiger charge is -2.17. The highest BCUT2D eigenvalue weighted by Crippen LogP contribution is 2.24. The minimum atomic E-state index is -0.109. The van der Waals surface area contributed by atoms with Crippen LogP contribution in [0.15, 0.2) is 46.9 Å². The molecule has 1 fully saturated rings. The van der Waals surface area contributed by atoms with E-state index in [-0.39, 0.29) is 11.9 Å². The van der Waals surface area contributed by atoms with Crippen molar-refractivity contribution in [2.24, 2.45) is 15.7 Å². The van der Waals surface area contributed by atoms with E-state index in [1.54, 1.807) is 25.1 Å². The number of nitrogens with one attached hydrogen (secondary N) is 2. The molecule has 0 radical (unpaired) electrons. The Hall–Kier alpha value is -2.67. The summed E-state index contributed by atoms with van der Waals surface area (Å²) in [7, 11) is 3.41. The minimum absolute atomic E-state index is 0.0428. The zero-order chi connectivity index (χ0) is 16.8. The van der Waals surface area contributed by atoms with E-state index in [9.17, 15) is 4.79 Å². The number of anilines is 2. The molecule has 0 spiro atoms. The van der Waals surface area contributed by atoms with Gasteiger partial charge in [0.15, 0.2) is 0 Å². The van der Waals surface area contributed by atoms with Crippen LogP contribution >= 0.6 is 0 Å². The second-order valence-electron chi connectivity index (χ2n) is 5.14. The standard InChI is InChI=1S/C16H22N6O/c1-4-14(18-2)21-16(19-3)20-12-6-5-7-13(9-12)22-10-11(17)8-15(22)23/h4-7,9,11H,1,8,10,17H2,2-3H3,(H2,18,19,20,21). The van der Waals surface area contributed by atoms with Gasteiger partial charge in [0, 0.05) is 44.5 Å². The van der Waals surface area contributed by atoms with Crippen molar-refractivity contribution >= 4 is 29.1 Å². The molecular weight excluding hydrogens is 292 g/mol. The number of hydrogen-bond acceptors (Lipinski definition) is 3. The van der Waals surface area contributed by atoms with Crippen molar-refractivity contribution in [1.29, 1.82) is 0 Å². The number of carbonyl (C=O) groups is 1.